The lowest BCUT2D eigenvalue weighted by molar-refractivity contribution is 0.148. The van der Waals surface area contributed by atoms with Crippen molar-refractivity contribution >= 4 is 27.3 Å². The van der Waals surface area contributed by atoms with Gasteiger partial charge in [0.2, 0.25) is 0 Å². The van der Waals surface area contributed by atoms with Crippen LogP contribution in [0.5, 0.6) is 0 Å². The van der Waals surface area contributed by atoms with E-state index >= 15 is 0 Å². The smallest absolute Gasteiger partial charge is 0.0616 e. The Morgan fingerprint density at radius 1 is 1.67 bits per heavy atom. The van der Waals surface area contributed by atoms with Gasteiger partial charge in [0.1, 0.15) is 0 Å². The summed E-state index contributed by atoms with van der Waals surface area (Å²) in [6.07, 6.45) is 0.723. The molecule has 0 bridgehead atoms. The van der Waals surface area contributed by atoms with Crippen molar-refractivity contribution in [2.24, 2.45) is 0 Å². The summed E-state index contributed by atoms with van der Waals surface area (Å²) in [4.78, 5) is 1.28. The molecule has 0 spiro atoms. The number of rotatable bonds is 7. The van der Waals surface area contributed by atoms with Gasteiger partial charge in [-0.1, -0.05) is 0 Å². The van der Waals surface area contributed by atoms with Crippen LogP contribution in [0.2, 0.25) is 0 Å². The molecule has 0 aliphatic carbocycles. The lowest BCUT2D eigenvalue weighted by atomic mass is 10.2. The van der Waals surface area contributed by atoms with Crippen LogP contribution in [0.15, 0.2) is 15.9 Å². The Hall–Kier alpha value is 0.0600. The third-order valence-corrected chi connectivity index (χ3v) is 3.73. The van der Waals surface area contributed by atoms with Crippen molar-refractivity contribution in [1.29, 1.82) is 0 Å². The molecular weight excluding hydrogens is 278 g/mol. The van der Waals surface area contributed by atoms with E-state index in [1.165, 1.54) is 4.88 Å². The minimum absolute atomic E-state index is 0.190. The molecule has 0 fully saturated rings. The fourth-order valence-corrected chi connectivity index (χ4v) is 2.69. The van der Waals surface area contributed by atoms with Crippen molar-refractivity contribution in [3.63, 3.8) is 0 Å². The Labute approximate surface area is 103 Å². The van der Waals surface area contributed by atoms with Crippen LogP contribution in [-0.2, 0) is 11.3 Å². The summed E-state index contributed by atoms with van der Waals surface area (Å²) < 4.78 is 6.19. The average molecular weight is 294 g/mol. The second-order valence-corrected chi connectivity index (χ2v) is 5.19. The molecular formula is C10H16BrNO2S. The third-order valence-electron chi connectivity index (χ3n) is 2.03. The van der Waals surface area contributed by atoms with Crippen LogP contribution in [0.1, 0.15) is 11.3 Å². The standard InChI is InChI=1S/C10H16BrNO2S/c1-14-6-9(2-3-13)12-5-10-4-8(11)7-15-10/h4,7,9,12-13H,2-3,5-6H2,1H3. The highest BCUT2D eigenvalue weighted by atomic mass is 79.9. The van der Waals surface area contributed by atoms with Crippen LogP contribution in [-0.4, -0.2) is 31.5 Å². The van der Waals surface area contributed by atoms with E-state index in [4.69, 9.17) is 9.84 Å². The van der Waals surface area contributed by atoms with Crippen molar-refractivity contribution < 1.29 is 9.84 Å². The fourth-order valence-electron chi connectivity index (χ4n) is 1.29. The van der Waals surface area contributed by atoms with Gasteiger partial charge < -0.3 is 15.2 Å². The number of aliphatic hydroxyl groups excluding tert-OH is 1. The van der Waals surface area contributed by atoms with Crippen molar-refractivity contribution in [2.75, 3.05) is 20.3 Å². The molecule has 1 unspecified atom stereocenters. The summed E-state index contributed by atoms with van der Waals surface area (Å²) >= 11 is 5.13. The van der Waals surface area contributed by atoms with E-state index < -0.39 is 0 Å². The topological polar surface area (TPSA) is 41.5 Å². The molecule has 0 saturated heterocycles. The highest BCUT2D eigenvalue weighted by Gasteiger charge is 2.07. The second-order valence-electron chi connectivity index (χ2n) is 3.28. The Kier molecular flexibility index (Phi) is 6.43. The molecule has 1 aromatic rings. The van der Waals surface area contributed by atoms with Crippen molar-refractivity contribution in [3.8, 4) is 0 Å². The van der Waals surface area contributed by atoms with Crippen LogP contribution in [0.3, 0.4) is 0 Å². The Morgan fingerprint density at radius 2 is 2.47 bits per heavy atom. The van der Waals surface area contributed by atoms with E-state index in [-0.39, 0.29) is 12.6 Å². The van der Waals surface area contributed by atoms with Crippen LogP contribution >= 0.6 is 27.3 Å². The number of hydrogen-bond acceptors (Lipinski definition) is 4. The van der Waals surface area contributed by atoms with Gasteiger partial charge in [-0.25, -0.2) is 0 Å². The fraction of sp³-hybridized carbons (Fsp3) is 0.600. The maximum Gasteiger partial charge on any atom is 0.0616 e. The first-order chi connectivity index (χ1) is 7.26. The summed E-state index contributed by atoms with van der Waals surface area (Å²) in [6.45, 7) is 1.65. The van der Waals surface area contributed by atoms with Gasteiger partial charge >= 0.3 is 0 Å². The molecule has 86 valence electrons. The molecule has 1 aromatic heterocycles. The minimum atomic E-state index is 0.190. The van der Waals surface area contributed by atoms with E-state index in [0.717, 1.165) is 17.4 Å². The molecule has 1 atom stereocenters. The molecule has 0 amide bonds. The molecule has 2 N–H and O–H groups in total. The molecule has 0 radical (unpaired) electrons. The zero-order valence-corrected chi connectivity index (χ0v) is 11.1. The van der Waals surface area contributed by atoms with Gasteiger partial charge in [-0.3, -0.25) is 0 Å². The van der Waals surface area contributed by atoms with Crippen LogP contribution in [0, 0.1) is 0 Å². The normalized spacial score (nSPS) is 13.0. The van der Waals surface area contributed by atoms with Crippen LogP contribution in [0.25, 0.3) is 0 Å². The van der Waals surface area contributed by atoms with E-state index in [1.807, 2.05) is 0 Å². The van der Waals surface area contributed by atoms with Gasteiger partial charge in [0.25, 0.3) is 0 Å². The van der Waals surface area contributed by atoms with Crippen molar-refractivity contribution in [1.82, 2.24) is 5.32 Å². The number of nitrogens with one attached hydrogen (secondary N) is 1. The SMILES string of the molecule is COCC(CCO)NCc1cc(Br)cs1. The Morgan fingerprint density at radius 3 is 3.00 bits per heavy atom. The maximum absolute atomic E-state index is 8.86. The zero-order valence-electron chi connectivity index (χ0n) is 8.70. The first-order valence-corrected chi connectivity index (χ1v) is 6.49. The number of aliphatic hydroxyl groups is 1. The first kappa shape index (κ1) is 13.1. The quantitative estimate of drug-likeness (QED) is 0.808. The highest BCUT2D eigenvalue weighted by Crippen LogP contribution is 2.19. The van der Waals surface area contributed by atoms with Crippen LogP contribution in [0.4, 0.5) is 0 Å². The lowest BCUT2D eigenvalue weighted by Crippen LogP contribution is -2.33. The molecule has 15 heavy (non-hydrogen) atoms. The molecule has 0 aliphatic rings. The Balaban J connectivity index is 2.32. The van der Waals surface area contributed by atoms with Crippen molar-refractivity contribution in [3.05, 3.63) is 20.8 Å². The lowest BCUT2D eigenvalue weighted by Gasteiger charge is -2.15. The van der Waals surface area contributed by atoms with E-state index in [9.17, 15) is 0 Å². The van der Waals surface area contributed by atoms with Gasteiger partial charge in [-0.15, -0.1) is 11.3 Å². The zero-order chi connectivity index (χ0) is 11.1. The van der Waals surface area contributed by atoms with Gasteiger partial charge in [0.05, 0.1) is 6.61 Å². The Bertz CT molecular complexity index is 274. The molecule has 0 aromatic carbocycles. The number of halogens is 1. The summed E-state index contributed by atoms with van der Waals surface area (Å²) in [5.41, 5.74) is 0. The van der Waals surface area contributed by atoms with Gasteiger partial charge in [0, 0.05) is 41.0 Å². The second kappa shape index (κ2) is 7.35. The first-order valence-electron chi connectivity index (χ1n) is 4.82. The van der Waals surface area contributed by atoms with Gasteiger partial charge in [0.15, 0.2) is 0 Å². The summed E-state index contributed by atoms with van der Waals surface area (Å²) in [5.74, 6) is 0. The predicted molar refractivity (Wildman–Crippen MR) is 66.2 cm³/mol. The van der Waals surface area contributed by atoms with Gasteiger partial charge in [-0.05, 0) is 28.4 Å². The predicted octanol–water partition coefficient (Wildman–Crippen LogP) is 2.00. The van der Waals surface area contributed by atoms with E-state index in [0.29, 0.717) is 6.61 Å². The summed E-state index contributed by atoms with van der Waals surface area (Å²) in [7, 11) is 1.67. The molecule has 1 rings (SSSR count). The van der Waals surface area contributed by atoms with Gasteiger partial charge in [-0.2, -0.15) is 0 Å². The summed E-state index contributed by atoms with van der Waals surface area (Å²) in [6, 6.07) is 2.32. The number of hydrogen-bond donors (Lipinski definition) is 2. The summed E-state index contributed by atoms with van der Waals surface area (Å²) in [5, 5.41) is 14.3. The van der Waals surface area contributed by atoms with E-state index in [1.54, 1.807) is 18.4 Å². The minimum Gasteiger partial charge on any atom is -0.396 e. The highest BCUT2D eigenvalue weighted by molar-refractivity contribution is 9.10. The number of methoxy groups -OCH3 is 1. The maximum atomic E-state index is 8.86. The number of thiophene rings is 1. The average Bonchev–Trinajstić information content (AvgIpc) is 2.61. The third kappa shape index (κ3) is 5.08. The monoisotopic (exact) mass is 293 g/mol. The molecule has 5 heteroatoms. The van der Waals surface area contributed by atoms with Crippen LogP contribution < -0.4 is 5.32 Å². The largest absolute Gasteiger partial charge is 0.396 e. The molecule has 0 saturated carbocycles. The van der Waals surface area contributed by atoms with E-state index in [2.05, 4.69) is 32.7 Å². The molecule has 0 aliphatic heterocycles. The molecule has 1 heterocycles. The molecule has 3 nitrogen and oxygen atoms in total. The van der Waals surface area contributed by atoms with Crippen molar-refractivity contribution in [2.45, 2.75) is 19.0 Å². The number of ether oxygens (including phenoxy) is 1.